The summed E-state index contributed by atoms with van der Waals surface area (Å²) in [6, 6.07) is 6.74. The molecule has 0 N–H and O–H groups in total. The summed E-state index contributed by atoms with van der Waals surface area (Å²) in [6.07, 6.45) is 0. The minimum Gasteiger partial charge on any atom is -0.207 e. The molecular formula is C13H6Br3F3. The molecule has 0 fully saturated rings. The molecule has 0 aliphatic heterocycles. The van der Waals surface area contributed by atoms with Crippen molar-refractivity contribution in [1.82, 2.24) is 0 Å². The van der Waals surface area contributed by atoms with Crippen LogP contribution in [-0.2, 0) is 0 Å². The fraction of sp³-hybridized carbons (Fsp3) is 0.0769. The highest BCUT2D eigenvalue weighted by atomic mass is 79.9. The molecule has 1 atom stereocenters. The second-order valence-corrected chi connectivity index (χ2v) is 6.50. The number of halogens is 6. The van der Waals surface area contributed by atoms with Crippen LogP contribution in [0.15, 0.2) is 39.3 Å². The minimum absolute atomic E-state index is 0.0434. The summed E-state index contributed by atoms with van der Waals surface area (Å²) in [5.41, 5.74) is 0.759. The molecule has 2 rings (SSSR count). The van der Waals surface area contributed by atoms with Gasteiger partial charge in [-0.25, -0.2) is 13.2 Å². The molecule has 0 saturated heterocycles. The van der Waals surface area contributed by atoms with Crippen molar-refractivity contribution in [2.45, 2.75) is 4.83 Å². The van der Waals surface area contributed by atoms with E-state index in [2.05, 4.69) is 47.8 Å². The molecule has 100 valence electrons. The van der Waals surface area contributed by atoms with E-state index in [-0.39, 0.29) is 5.56 Å². The fourth-order valence-corrected chi connectivity index (χ4v) is 3.94. The molecule has 0 bridgehead atoms. The van der Waals surface area contributed by atoms with Crippen LogP contribution in [0.1, 0.15) is 16.0 Å². The molecule has 0 aliphatic rings. The number of rotatable bonds is 2. The van der Waals surface area contributed by atoms with Gasteiger partial charge in [-0.05, 0) is 23.8 Å². The Bertz CT molecular complexity index is 629. The molecule has 0 saturated carbocycles. The van der Waals surface area contributed by atoms with Gasteiger partial charge in [-0.1, -0.05) is 53.9 Å². The summed E-state index contributed by atoms with van der Waals surface area (Å²) < 4.78 is 41.4. The first-order chi connectivity index (χ1) is 8.90. The summed E-state index contributed by atoms with van der Waals surface area (Å²) in [7, 11) is 0. The van der Waals surface area contributed by atoms with Gasteiger partial charge in [-0.2, -0.15) is 0 Å². The second kappa shape index (κ2) is 5.97. The van der Waals surface area contributed by atoms with E-state index in [0.717, 1.165) is 15.0 Å². The molecule has 0 nitrogen and oxygen atoms in total. The van der Waals surface area contributed by atoms with Gasteiger partial charge >= 0.3 is 0 Å². The molecule has 0 radical (unpaired) electrons. The lowest BCUT2D eigenvalue weighted by Gasteiger charge is -2.14. The van der Waals surface area contributed by atoms with E-state index in [9.17, 15) is 13.2 Å². The molecule has 0 aromatic heterocycles. The van der Waals surface area contributed by atoms with E-state index in [0.29, 0.717) is 11.6 Å². The molecule has 0 amide bonds. The molecule has 19 heavy (non-hydrogen) atoms. The Morgan fingerprint density at radius 1 is 0.789 bits per heavy atom. The highest BCUT2D eigenvalue weighted by Crippen LogP contribution is 2.38. The van der Waals surface area contributed by atoms with Crippen LogP contribution in [0, 0.1) is 17.5 Å². The van der Waals surface area contributed by atoms with Gasteiger partial charge in [-0.15, -0.1) is 0 Å². The Kier molecular flexibility index (Phi) is 4.74. The molecule has 0 spiro atoms. The van der Waals surface area contributed by atoms with Crippen LogP contribution in [0.5, 0.6) is 0 Å². The van der Waals surface area contributed by atoms with Gasteiger partial charge in [0.05, 0.1) is 4.83 Å². The van der Waals surface area contributed by atoms with Crippen molar-refractivity contribution < 1.29 is 13.2 Å². The van der Waals surface area contributed by atoms with Gasteiger partial charge in [0, 0.05) is 20.6 Å². The van der Waals surface area contributed by atoms with Crippen LogP contribution in [0.2, 0.25) is 0 Å². The molecule has 1 unspecified atom stereocenters. The van der Waals surface area contributed by atoms with E-state index >= 15 is 0 Å². The van der Waals surface area contributed by atoms with Crippen molar-refractivity contribution in [1.29, 1.82) is 0 Å². The van der Waals surface area contributed by atoms with E-state index < -0.39 is 22.3 Å². The lowest BCUT2D eigenvalue weighted by molar-refractivity contribution is 0.491. The van der Waals surface area contributed by atoms with E-state index in [1.165, 1.54) is 0 Å². The summed E-state index contributed by atoms with van der Waals surface area (Å²) in [5, 5.41) is 0. The Morgan fingerprint density at radius 2 is 1.42 bits per heavy atom. The number of alkyl halides is 1. The average molecular weight is 459 g/mol. The SMILES string of the molecule is Fc1cc(F)c(C(Br)c2ccc(Br)cc2Br)cc1F. The van der Waals surface area contributed by atoms with Gasteiger partial charge in [0.25, 0.3) is 0 Å². The maximum Gasteiger partial charge on any atom is 0.161 e. The third-order valence-corrected chi connectivity index (χ3v) is 4.71. The Hall–Kier alpha value is -0.330. The standard InChI is InChI=1S/C13H6Br3F3/c14-6-1-2-7(9(15)3-6)13(16)8-4-11(18)12(19)5-10(8)17/h1-5,13H. The quantitative estimate of drug-likeness (QED) is 0.376. The van der Waals surface area contributed by atoms with Gasteiger partial charge in [0.15, 0.2) is 11.6 Å². The molecule has 0 aliphatic carbocycles. The maximum atomic E-state index is 13.7. The van der Waals surface area contributed by atoms with Gasteiger partial charge < -0.3 is 0 Å². The van der Waals surface area contributed by atoms with Crippen LogP contribution < -0.4 is 0 Å². The highest BCUT2D eigenvalue weighted by molar-refractivity contribution is 9.11. The van der Waals surface area contributed by atoms with E-state index in [4.69, 9.17) is 0 Å². The van der Waals surface area contributed by atoms with Crippen molar-refractivity contribution in [3.63, 3.8) is 0 Å². The predicted octanol–water partition coefficient (Wildman–Crippen LogP) is 6.11. The maximum absolute atomic E-state index is 13.7. The first kappa shape index (κ1) is 15.1. The zero-order valence-corrected chi connectivity index (χ0v) is 14.0. The summed E-state index contributed by atoms with van der Waals surface area (Å²) in [4.78, 5) is -0.579. The van der Waals surface area contributed by atoms with Crippen LogP contribution in [-0.4, -0.2) is 0 Å². The lowest BCUT2D eigenvalue weighted by atomic mass is 10.0. The van der Waals surface area contributed by atoms with Crippen molar-refractivity contribution in [3.8, 4) is 0 Å². The van der Waals surface area contributed by atoms with Crippen molar-refractivity contribution in [3.05, 3.63) is 67.9 Å². The Morgan fingerprint density at radius 3 is 2.05 bits per heavy atom. The summed E-state index contributed by atoms with van der Waals surface area (Å²) in [6.45, 7) is 0. The van der Waals surface area contributed by atoms with Crippen LogP contribution in [0.3, 0.4) is 0 Å². The minimum atomic E-state index is -1.20. The highest BCUT2D eigenvalue weighted by Gasteiger charge is 2.20. The molecular weight excluding hydrogens is 453 g/mol. The van der Waals surface area contributed by atoms with Gasteiger partial charge in [0.2, 0.25) is 0 Å². The van der Waals surface area contributed by atoms with Crippen molar-refractivity contribution >= 4 is 47.8 Å². The van der Waals surface area contributed by atoms with Crippen LogP contribution in [0.4, 0.5) is 13.2 Å². The topological polar surface area (TPSA) is 0 Å². The van der Waals surface area contributed by atoms with Crippen molar-refractivity contribution in [2.24, 2.45) is 0 Å². The number of benzene rings is 2. The fourth-order valence-electron chi connectivity index (χ4n) is 1.61. The third-order valence-electron chi connectivity index (χ3n) is 2.55. The Labute approximate surface area is 133 Å². The second-order valence-electron chi connectivity index (χ2n) is 3.82. The molecule has 6 heteroatoms. The summed E-state index contributed by atoms with van der Waals surface area (Å²) in [5.74, 6) is -3.07. The van der Waals surface area contributed by atoms with Gasteiger partial charge in [-0.3, -0.25) is 0 Å². The van der Waals surface area contributed by atoms with Crippen molar-refractivity contribution in [2.75, 3.05) is 0 Å². The lowest BCUT2D eigenvalue weighted by Crippen LogP contribution is -2.00. The number of hydrogen-bond donors (Lipinski definition) is 0. The summed E-state index contributed by atoms with van der Waals surface area (Å²) >= 11 is 9.97. The normalized spacial score (nSPS) is 12.5. The average Bonchev–Trinajstić information content (AvgIpc) is 2.33. The first-order valence-corrected chi connectivity index (χ1v) is 7.63. The Balaban J connectivity index is 2.49. The zero-order valence-electron chi connectivity index (χ0n) is 9.23. The molecule has 2 aromatic rings. The van der Waals surface area contributed by atoms with Crippen LogP contribution >= 0.6 is 47.8 Å². The number of hydrogen-bond acceptors (Lipinski definition) is 0. The predicted molar refractivity (Wildman–Crippen MR) is 78.9 cm³/mol. The third kappa shape index (κ3) is 3.23. The van der Waals surface area contributed by atoms with E-state index in [1.807, 2.05) is 0 Å². The first-order valence-electron chi connectivity index (χ1n) is 5.13. The molecule has 0 heterocycles. The largest absolute Gasteiger partial charge is 0.207 e. The molecule has 2 aromatic carbocycles. The smallest absolute Gasteiger partial charge is 0.161 e. The van der Waals surface area contributed by atoms with E-state index in [1.54, 1.807) is 18.2 Å². The van der Waals surface area contributed by atoms with Gasteiger partial charge in [0.1, 0.15) is 5.82 Å². The zero-order chi connectivity index (χ0) is 14.2. The monoisotopic (exact) mass is 456 g/mol. The van der Waals surface area contributed by atoms with Crippen LogP contribution in [0.25, 0.3) is 0 Å².